The molecule has 1 rings (SSSR count). The maximum atomic E-state index is 12.2. The van der Waals surface area contributed by atoms with Crippen molar-refractivity contribution >= 4 is 5.97 Å². The summed E-state index contributed by atoms with van der Waals surface area (Å²) in [5.74, 6) is -0.158. The molecule has 2 atom stereocenters. The number of hydrogen-bond acceptors (Lipinski definition) is 6. The Hall–Kier alpha value is -0.690. The average molecular weight is 303 g/mol. The molecule has 0 radical (unpaired) electrons. The van der Waals surface area contributed by atoms with E-state index in [1.165, 1.54) is 0 Å². The lowest BCUT2D eigenvalue weighted by Crippen LogP contribution is -2.51. The van der Waals surface area contributed by atoms with Crippen molar-refractivity contribution in [1.82, 2.24) is 5.32 Å². The van der Waals surface area contributed by atoms with Gasteiger partial charge in [0.15, 0.2) is 0 Å². The van der Waals surface area contributed by atoms with E-state index in [2.05, 4.69) is 5.32 Å². The molecule has 1 aliphatic rings. The third-order valence-electron chi connectivity index (χ3n) is 3.66. The van der Waals surface area contributed by atoms with Gasteiger partial charge in [-0.15, -0.1) is 0 Å². The molecule has 6 heteroatoms. The molecule has 124 valence electrons. The van der Waals surface area contributed by atoms with E-state index >= 15 is 0 Å². The van der Waals surface area contributed by atoms with Crippen LogP contribution in [0.25, 0.3) is 0 Å². The molecule has 0 spiro atoms. The van der Waals surface area contributed by atoms with Crippen molar-refractivity contribution in [2.45, 2.75) is 44.8 Å². The van der Waals surface area contributed by atoms with E-state index in [9.17, 15) is 4.79 Å². The molecule has 0 amide bonds. The van der Waals surface area contributed by atoms with Crippen LogP contribution in [0.5, 0.6) is 0 Å². The monoisotopic (exact) mass is 303 g/mol. The average Bonchev–Trinajstić information content (AvgIpc) is 2.88. The molecular formula is C15H29NO5. The van der Waals surface area contributed by atoms with E-state index in [1.807, 2.05) is 13.8 Å². The van der Waals surface area contributed by atoms with Crippen molar-refractivity contribution in [3.05, 3.63) is 0 Å². The van der Waals surface area contributed by atoms with Gasteiger partial charge in [-0.25, -0.2) is 0 Å². The van der Waals surface area contributed by atoms with Gasteiger partial charge < -0.3 is 24.3 Å². The summed E-state index contributed by atoms with van der Waals surface area (Å²) < 4.78 is 21.3. The van der Waals surface area contributed by atoms with Gasteiger partial charge in [-0.05, 0) is 26.3 Å². The molecule has 1 saturated carbocycles. The quantitative estimate of drug-likeness (QED) is 0.456. The lowest BCUT2D eigenvalue weighted by molar-refractivity contribution is -0.151. The lowest BCUT2D eigenvalue weighted by Gasteiger charge is -2.27. The standard InChI is InChI=1S/C15H29NO5/c1-4-16-15(14(17)20-5-2)7-6-13(12-15)21-11-10-19-9-8-18-3/h13,16H,4-12H2,1-3H3. The lowest BCUT2D eigenvalue weighted by atomic mass is 9.97. The normalized spacial score (nSPS) is 25.2. The van der Waals surface area contributed by atoms with E-state index < -0.39 is 5.54 Å². The first-order valence-corrected chi connectivity index (χ1v) is 7.79. The van der Waals surface area contributed by atoms with E-state index in [4.69, 9.17) is 18.9 Å². The summed E-state index contributed by atoms with van der Waals surface area (Å²) in [5, 5.41) is 3.29. The van der Waals surface area contributed by atoms with Gasteiger partial charge in [-0.1, -0.05) is 6.92 Å². The van der Waals surface area contributed by atoms with Crippen LogP contribution in [0.4, 0.5) is 0 Å². The maximum Gasteiger partial charge on any atom is 0.326 e. The van der Waals surface area contributed by atoms with Crippen molar-refractivity contribution < 1.29 is 23.7 Å². The second-order valence-corrected chi connectivity index (χ2v) is 5.17. The van der Waals surface area contributed by atoms with Crippen LogP contribution in [0, 0.1) is 0 Å². The van der Waals surface area contributed by atoms with Crippen molar-refractivity contribution in [2.75, 3.05) is 46.7 Å². The number of nitrogens with one attached hydrogen (secondary N) is 1. The molecule has 0 aromatic rings. The number of methoxy groups -OCH3 is 1. The van der Waals surface area contributed by atoms with Crippen LogP contribution >= 0.6 is 0 Å². The predicted molar refractivity (Wildman–Crippen MR) is 79.3 cm³/mol. The second-order valence-electron chi connectivity index (χ2n) is 5.17. The van der Waals surface area contributed by atoms with Crippen molar-refractivity contribution in [3.8, 4) is 0 Å². The van der Waals surface area contributed by atoms with E-state index in [1.54, 1.807) is 7.11 Å². The molecule has 0 aromatic heterocycles. The van der Waals surface area contributed by atoms with Crippen molar-refractivity contribution in [3.63, 3.8) is 0 Å². The number of esters is 1. The summed E-state index contributed by atoms with van der Waals surface area (Å²) in [6.07, 6.45) is 2.37. The summed E-state index contributed by atoms with van der Waals surface area (Å²) in [6, 6.07) is 0. The first-order valence-electron chi connectivity index (χ1n) is 7.79. The van der Waals surface area contributed by atoms with Gasteiger partial charge >= 0.3 is 5.97 Å². The summed E-state index contributed by atoms with van der Waals surface area (Å²) >= 11 is 0. The molecule has 0 aromatic carbocycles. The van der Waals surface area contributed by atoms with Gasteiger partial charge in [0.05, 0.1) is 39.1 Å². The highest BCUT2D eigenvalue weighted by molar-refractivity contribution is 5.81. The van der Waals surface area contributed by atoms with Gasteiger partial charge in [0.2, 0.25) is 0 Å². The molecule has 0 aliphatic heterocycles. The van der Waals surface area contributed by atoms with E-state index in [-0.39, 0.29) is 12.1 Å². The molecule has 1 N–H and O–H groups in total. The Labute approximate surface area is 127 Å². The fourth-order valence-corrected chi connectivity index (χ4v) is 2.69. The zero-order valence-electron chi connectivity index (χ0n) is 13.5. The van der Waals surface area contributed by atoms with Gasteiger partial charge in [-0.3, -0.25) is 4.79 Å². The Kier molecular flexibility index (Phi) is 8.84. The Bertz CT molecular complexity index is 300. The Morgan fingerprint density at radius 3 is 2.67 bits per heavy atom. The van der Waals surface area contributed by atoms with Crippen LogP contribution in [-0.2, 0) is 23.7 Å². The minimum absolute atomic E-state index is 0.0829. The zero-order chi connectivity index (χ0) is 15.6. The Balaban J connectivity index is 2.32. The highest BCUT2D eigenvalue weighted by Crippen LogP contribution is 2.33. The summed E-state index contributed by atoms with van der Waals surface area (Å²) in [6.45, 7) is 7.24. The van der Waals surface area contributed by atoms with Crippen LogP contribution < -0.4 is 5.32 Å². The zero-order valence-corrected chi connectivity index (χ0v) is 13.5. The molecule has 0 heterocycles. The summed E-state index contributed by atoms with van der Waals surface area (Å²) in [4.78, 5) is 12.2. The highest BCUT2D eigenvalue weighted by atomic mass is 16.5. The van der Waals surface area contributed by atoms with Crippen LogP contribution in [0.15, 0.2) is 0 Å². The Morgan fingerprint density at radius 2 is 2.00 bits per heavy atom. The number of hydrogen-bond donors (Lipinski definition) is 1. The predicted octanol–water partition coefficient (Wildman–Crippen LogP) is 1.13. The first kappa shape index (κ1) is 18.4. The second kappa shape index (κ2) is 10.1. The summed E-state index contributed by atoms with van der Waals surface area (Å²) in [7, 11) is 1.65. The smallest absolute Gasteiger partial charge is 0.326 e. The minimum atomic E-state index is -0.577. The number of carbonyl (C=O) groups is 1. The fourth-order valence-electron chi connectivity index (χ4n) is 2.69. The topological polar surface area (TPSA) is 66.0 Å². The molecule has 21 heavy (non-hydrogen) atoms. The molecule has 6 nitrogen and oxygen atoms in total. The van der Waals surface area contributed by atoms with Gasteiger partial charge in [0.1, 0.15) is 5.54 Å². The van der Waals surface area contributed by atoms with Crippen LogP contribution in [0.2, 0.25) is 0 Å². The highest BCUT2D eigenvalue weighted by Gasteiger charge is 2.46. The van der Waals surface area contributed by atoms with Gasteiger partial charge in [0.25, 0.3) is 0 Å². The van der Waals surface area contributed by atoms with Crippen LogP contribution in [0.1, 0.15) is 33.1 Å². The number of carbonyl (C=O) groups excluding carboxylic acids is 1. The minimum Gasteiger partial charge on any atom is -0.465 e. The number of ether oxygens (including phenoxy) is 4. The molecule has 1 aliphatic carbocycles. The van der Waals surface area contributed by atoms with Crippen LogP contribution in [-0.4, -0.2) is 64.3 Å². The molecule has 0 saturated heterocycles. The van der Waals surface area contributed by atoms with Crippen LogP contribution in [0.3, 0.4) is 0 Å². The molecule has 0 bridgehead atoms. The molecular weight excluding hydrogens is 274 g/mol. The van der Waals surface area contributed by atoms with Gasteiger partial charge in [-0.2, -0.15) is 0 Å². The molecule has 1 fully saturated rings. The third kappa shape index (κ3) is 5.90. The van der Waals surface area contributed by atoms with E-state index in [0.717, 1.165) is 19.4 Å². The maximum absolute atomic E-state index is 12.2. The third-order valence-corrected chi connectivity index (χ3v) is 3.66. The fraction of sp³-hybridized carbons (Fsp3) is 0.933. The first-order chi connectivity index (χ1) is 10.2. The largest absolute Gasteiger partial charge is 0.465 e. The Morgan fingerprint density at radius 1 is 1.24 bits per heavy atom. The SMILES string of the molecule is CCNC1(C(=O)OCC)CCC(OCCOCCOC)C1. The van der Waals surface area contributed by atoms with E-state index in [0.29, 0.717) is 39.5 Å². The van der Waals surface area contributed by atoms with Crippen molar-refractivity contribution in [2.24, 2.45) is 0 Å². The molecule has 2 unspecified atom stereocenters. The number of rotatable bonds is 11. The number of likely N-dealkylation sites (N-methyl/N-ethyl adjacent to an activating group) is 1. The van der Waals surface area contributed by atoms with Crippen molar-refractivity contribution in [1.29, 1.82) is 0 Å². The summed E-state index contributed by atoms with van der Waals surface area (Å²) in [5.41, 5.74) is -0.577. The van der Waals surface area contributed by atoms with Gasteiger partial charge in [0, 0.05) is 13.5 Å².